The molecule has 4 nitrogen and oxygen atoms in total. The van der Waals surface area contributed by atoms with Gasteiger partial charge in [-0.3, -0.25) is 4.99 Å². The molecular formula is C17H27FN4. The summed E-state index contributed by atoms with van der Waals surface area (Å²) in [6.45, 7) is 5.51. The second kappa shape index (κ2) is 8.13. The summed E-state index contributed by atoms with van der Waals surface area (Å²) in [7, 11) is 4.15. The molecule has 22 heavy (non-hydrogen) atoms. The predicted octanol–water partition coefficient (Wildman–Crippen LogP) is 2.32. The minimum atomic E-state index is -0.194. The summed E-state index contributed by atoms with van der Waals surface area (Å²) in [4.78, 5) is 9.18. The molecule has 0 radical (unpaired) electrons. The van der Waals surface area contributed by atoms with Gasteiger partial charge in [-0.25, -0.2) is 4.39 Å². The van der Waals surface area contributed by atoms with E-state index in [-0.39, 0.29) is 5.82 Å². The van der Waals surface area contributed by atoms with Crippen LogP contribution in [0.3, 0.4) is 0 Å². The monoisotopic (exact) mass is 306 g/mol. The maximum absolute atomic E-state index is 13.3. The largest absolute Gasteiger partial charge is 0.357 e. The number of aliphatic imine (C=N–C) groups is 1. The highest BCUT2D eigenvalue weighted by atomic mass is 19.1. The van der Waals surface area contributed by atoms with Gasteiger partial charge in [0.2, 0.25) is 0 Å². The molecule has 0 saturated carbocycles. The van der Waals surface area contributed by atoms with E-state index in [4.69, 9.17) is 4.99 Å². The van der Waals surface area contributed by atoms with Gasteiger partial charge in [-0.15, -0.1) is 0 Å². The quantitative estimate of drug-likeness (QED) is 0.669. The summed E-state index contributed by atoms with van der Waals surface area (Å²) in [6, 6.07) is 7.27. The normalized spacial score (nSPS) is 19.5. The summed E-state index contributed by atoms with van der Waals surface area (Å²) < 4.78 is 13.3. The molecule has 1 aromatic rings. The van der Waals surface area contributed by atoms with Gasteiger partial charge in [0.15, 0.2) is 5.96 Å². The molecule has 1 atom stereocenters. The van der Waals surface area contributed by atoms with Gasteiger partial charge < -0.3 is 15.1 Å². The molecule has 0 aromatic heterocycles. The van der Waals surface area contributed by atoms with E-state index >= 15 is 0 Å². The lowest BCUT2D eigenvalue weighted by Crippen LogP contribution is -2.39. The van der Waals surface area contributed by atoms with Crippen LogP contribution in [0.25, 0.3) is 0 Å². The van der Waals surface area contributed by atoms with Crippen molar-refractivity contribution in [1.82, 2.24) is 15.1 Å². The molecule has 0 amide bonds. The van der Waals surface area contributed by atoms with Crippen LogP contribution in [0.2, 0.25) is 0 Å². The molecule has 1 saturated heterocycles. The van der Waals surface area contributed by atoms with Gasteiger partial charge in [0.05, 0.1) is 6.54 Å². The molecule has 1 aliphatic heterocycles. The lowest BCUT2D eigenvalue weighted by atomic mass is 10.2. The lowest BCUT2D eigenvalue weighted by Gasteiger charge is -2.24. The Bertz CT molecular complexity index is 503. The van der Waals surface area contributed by atoms with E-state index in [1.54, 1.807) is 12.1 Å². The van der Waals surface area contributed by atoms with Crippen LogP contribution in [0.4, 0.5) is 4.39 Å². The Morgan fingerprint density at radius 1 is 1.50 bits per heavy atom. The molecule has 1 aromatic carbocycles. The Labute approximate surface area is 133 Å². The fourth-order valence-electron chi connectivity index (χ4n) is 2.86. The topological polar surface area (TPSA) is 30.9 Å². The molecule has 1 unspecified atom stereocenters. The summed E-state index contributed by atoms with van der Waals surface area (Å²) in [6.07, 6.45) is 2.47. The fourth-order valence-corrected chi connectivity index (χ4v) is 2.86. The van der Waals surface area contributed by atoms with Gasteiger partial charge in [-0.1, -0.05) is 12.1 Å². The van der Waals surface area contributed by atoms with Crippen molar-refractivity contribution in [2.24, 2.45) is 4.99 Å². The number of hydrogen-bond acceptors (Lipinski definition) is 2. The highest BCUT2D eigenvalue weighted by Gasteiger charge is 2.20. The van der Waals surface area contributed by atoms with Crippen LogP contribution in [-0.4, -0.2) is 55.5 Å². The van der Waals surface area contributed by atoms with Crippen molar-refractivity contribution in [2.75, 3.05) is 33.7 Å². The summed E-state index contributed by atoms with van der Waals surface area (Å²) in [5, 5.41) is 3.32. The van der Waals surface area contributed by atoms with Gasteiger partial charge in [-0.2, -0.15) is 0 Å². The molecule has 1 heterocycles. The van der Waals surface area contributed by atoms with E-state index < -0.39 is 0 Å². The second-order valence-electron chi connectivity index (χ2n) is 5.96. The first-order valence-corrected chi connectivity index (χ1v) is 8.04. The number of benzene rings is 1. The van der Waals surface area contributed by atoms with Crippen molar-refractivity contribution >= 4 is 5.96 Å². The van der Waals surface area contributed by atoms with Crippen LogP contribution in [0.5, 0.6) is 0 Å². The number of hydrogen-bond donors (Lipinski definition) is 1. The van der Waals surface area contributed by atoms with Crippen molar-refractivity contribution < 1.29 is 4.39 Å². The number of likely N-dealkylation sites (tertiary alicyclic amines) is 1. The smallest absolute Gasteiger partial charge is 0.194 e. The van der Waals surface area contributed by atoms with Crippen molar-refractivity contribution in [3.8, 4) is 0 Å². The van der Waals surface area contributed by atoms with E-state index in [9.17, 15) is 4.39 Å². The standard InChI is InChI=1S/C17H27FN4/c1-4-19-17(20-12-16-9-6-10-21(16)2)22(3)13-14-7-5-8-15(18)11-14/h5,7-8,11,16H,4,6,9-10,12-13H2,1-3H3,(H,19,20). The van der Waals surface area contributed by atoms with E-state index in [1.165, 1.54) is 18.9 Å². The van der Waals surface area contributed by atoms with Crippen LogP contribution in [0.1, 0.15) is 25.3 Å². The first kappa shape index (κ1) is 16.7. The third-order valence-corrected chi connectivity index (χ3v) is 4.13. The zero-order chi connectivity index (χ0) is 15.9. The lowest BCUT2D eigenvalue weighted by molar-refractivity contribution is 0.316. The van der Waals surface area contributed by atoms with Crippen molar-refractivity contribution in [3.05, 3.63) is 35.6 Å². The second-order valence-corrected chi connectivity index (χ2v) is 5.96. The maximum Gasteiger partial charge on any atom is 0.194 e. The zero-order valence-electron chi connectivity index (χ0n) is 13.8. The minimum Gasteiger partial charge on any atom is -0.357 e. The van der Waals surface area contributed by atoms with Gasteiger partial charge in [-0.05, 0) is 51.1 Å². The van der Waals surface area contributed by atoms with Crippen molar-refractivity contribution in [1.29, 1.82) is 0 Å². The molecule has 1 aliphatic rings. The van der Waals surface area contributed by atoms with Crippen LogP contribution >= 0.6 is 0 Å². The third kappa shape index (κ3) is 4.70. The van der Waals surface area contributed by atoms with Crippen molar-refractivity contribution in [3.63, 3.8) is 0 Å². The maximum atomic E-state index is 13.3. The highest BCUT2D eigenvalue weighted by molar-refractivity contribution is 5.79. The van der Waals surface area contributed by atoms with Crippen molar-refractivity contribution in [2.45, 2.75) is 32.4 Å². The highest BCUT2D eigenvalue weighted by Crippen LogP contribution is 2.15. The van der Waals surface area contributed by atoms with Gasteiger partial charge >= 0.3 is 0 Å². The molecule has 0 spiro atoms. The average molecular weight is 306 g/mol. The summed E-state index contributed by atoms with van der Waals surface area (Å²) in [5.74, 6) is 0.687. The Balaban J connectivity index is 1.99. The number of likely N-dealkylation sites (N-methyl/N-ethyl adjacent to an activating group) is 1. The summed E-state index contributed by atoms with van der Waals surface area (Å²) >= 11 is 0. The molecule has 122 valence electrons. The average Bonchev–Trinajstić information content (AvgIpc) is 2.88. The van der Waals surface area contributed by atoms with E-state index in [1.807, 2.05) is 18.0 Å². The number of nitrogens with one attached hydrogen (secondary N) is 1. The zero-order valence-corrected chi connectivity index (χ0v) is 13.8. The number of halogens is 1. The van der Waals surface area contributed by atoms with Gasteiger partial charge in [0, 0.05) is 26.2 Å². The Kier molecular flexibility index (Phi) is 6.19. The molecule has 1 fully saturated rings. The van der Waals surface area contributed by atoms with Crippen LogP contribution in [-0.2, 0) is 6.54 Å². The Morgan fingerprint density at radius 2 is 2.32 bits per heavy atom. The first-order chi connectivity index (χ1) is 10.6. The van der Waals surface area contributed by atoms with Gasteiger partial charge in [0.1, 0.15) is 5.82 Å². The van der Waals surface area contributed by atoms with E-state index in [0.29, 0.717) is 12.6 Å². The molecule has 5 heteroatoms. The Morgan fingerprint density at radius 3 is 2.95 bits per heavy atom. The molecule has 2 rings (SSSR count). The van der Waals surface area contributed by atoms with E-state index in [0.717, 1.165) is 31.2 Å². The minimum absolute atomic E-state index is 0.194. The molecule has 0 bridgehead atoms. The number of nitrogens with zero attached hydrogens (tertiary/aromatic N) is 3. The van der Waals surface area contributed by atoms with Crippen LogP contribution < -0.4 is 5.32 Å². The number of rotatable bonds is 5. The van der Waals surface area contributed by atoms with Gasteiger partial charge in [0.25, 0.3) is 0 Å². The van der Waals surface area contributed by atoms with E-state index in [2.05, 4.69) is 24.2 Å². The number of guanidine groups is 1. The first-order valence-electron chi connectivity index (χ1n) is 8.04. The predicted molar refractivity (Wildman–Crippen MR) is 89.5 cm³/mol. The SMILES string of the molecule is CCNC(=NCC1CCCN1C)N(C)Cc1cccc(F)c1. The third-order valence-electron chi connectivity index (χ3n) is 4.13. The fraction of sp³-hybridized carbons (Fsp3) is 0.588. The van der Waals surface area contributed by atoms with Crippen LogP contribution in [0.15, 0.2) is 29.3 Å². The molecular weight excluding hydrogens is 279 g/mol. The molecule has 1 N–H and O–H groups in total. The molecule has 0 aliphatic carbocycles. The van der Waals surface area contributed by atoms with Crippen LogP contribution in [0, 0.1) is 5.82 Å². The Hall–Kier alpha value is -1.62. The summed E-state index contributed by atoms with van der Waals surface area (Å²) in [5.41, 5.74) is 0.950.